The van der Waals surface area contributed by atoms with E-state index < -0.39 is 0 Å². The van der Waals surface area contributed by atoms with E-state index in [1.165, 1.54) is 17.5 Å². The lowest BCUT2D eigenvalue weighted by atomic mass is 10.0. The fraction of sp³-hybridized carbons (Fsp3) is 0.267. The van der Waals surface area contributed by atoms with Crippen LogP contribution in [0.2, 0.25) is 0 Å². The van der Waals surface area contributed by atoms with Gasteiger partial charge in [0.25, 0.3) is 0 Å². The zero-order valence-electron chi connectivity index (χ0n) is 11.2. The van der Waals surface area contributed by atoms with Gasteiger partial charge in [0.15, 0.2) is 11.2 Å². The second-order valence-electron chi connectivity index (χ2n) is 4.90. The van der Waals surface area contributed by atoms with Crippen LogP contribution in [0.1, 0.15) is 12.0 Å². The summed E-state index contributed by atoms with van der Waals surface area (Å²) in [6.07, 6.45) is 3.69. The number of nitrogens with zero attached hydrogens (tertiary/aromatic N) is 4. The van der Waals surface area contributed by atoms with Crippen molar-refractivity contribution in [2.24, 2.45) is 0 Å². The molecule has 0 unspecified atom stereocenters. The average Bonchev–Trinajstić information content (AvgIpc) is 2.76. The molecule has 0 fully saturated rings. The smallest absolute Gasteiger partial charge is 0.245 e. The van der Waals surface area contributed by atoms with Gasteiger partial charge in [0, 0.05) is 12.1 Å². The second-order valence-corrected chi connectivity index (χ2v) is 4.90. The number of methoxy groups -OCH3 is 1. The minimum absolute atomic E-state index is 0.535. The third-order valence-electron chi connectivity index (χ3n) is 3.78. The van der Waals surface area contributed by atoms with Gasteiger partial charge in [0.2, 0.25) is 5.88 Å². The maximum Gasteiger partial charge on any atom is 0.245 e. The Morgan fingerprint density at radius 2 is 2.10 bits per heavy atom. The highest BCUT2D eigenvalue weighted by Crippen LogP contribution is 2.32. The number of benzene rings is 1. The number of hydrogen-bond acceptors (Lipinski definition) is 4. The van der Waals surface area contributed by atoms with Crippen LogP contribution >= 0.6 is 0 Å². The van der Waals surface area contributed by atoms with Crippen molar-refractivity contribution >= 4 is 11.2 Å². The highest BCUT2D eigenvalue weighted by Gasteiger charge is 2.21. The standard InChI is InChI=1S/C15H14N4O/c1-20-15-12-14(16-9-17-15)19-8-4-6-10-5-2-3-7-11(10)13(19)18-12/h2-3,5,7,9H,4,6,8H2,1H3. The van der Waals surface area contributed by atoms with E-state index in [1.54, 1.807) is 7.11 Å². The van der Waals surface area contributed by atoms with E-state index in [2.05, 4.69) is 38.8 Å². The molecule has 20 heavy (non-hydrogen) atoms. The van der Waals surface area contributed by atoms with Crippen molar-refractivity contribution in [3.63, 3.8) is 0 Å². The SMILES string of the molecule is COc1ncnc2c1nc1n2CCCc2ccccc2-1. The Bertz CT molecular complexity index is 794. The van der Waals surface area contributed by atoms with Gasteiger partial charge in [-0.05, 0) is 18.4 Å². The normalized spacial score (nSPS) is 13.7. The van der Waals surface area contributed by atoms with E-state index in [9.17, 15) is 0 Å². The molecule has 0 aliphatic carbocycles. The summed E-state index contributed by atoms with van der Waals surface area (Å²) in [6, 6.07) is 8.43. The van der Waals surface area contributed by atoms with Crippen LogP contribution in [0.15, 0.2) is 30.6 Å². The topological polar surface area (TPSA) is 52.8 Å². The molecule has 4 rings (SSSR count). The maximum absolute atomic E-state index is 5.30. The molecular formula is C15H14N4O. The van der Waals surface area contributed by atoms with Crippen molar-refractivity contribution < 1.29 is 4.74 Å². The van der Waals surface area contributed by atoms with Gasteiger partial charge in [-0.25, -0.2) is 9.97 Å². The van der Waals surface area contributed by atoms with Crippen molar-refractivity contribution in [3.05, 3.63) is 36.2 Å². The van der Waals surface area contributed by atoms with Crippen molar-refractivity contribution in [3.8, 4) is 17.3 Å². The monoisotopic (exact) mass is 266 g/mol. The Labute approximate surface area is 116 Å². The number of hydrogen-bond donors (Lipinski definition) is 0. The van der Waals surface area contributed by atoms with Gasteiger partial charge < -0.3 is 9.30 Å². The minimum atomic E-state index is 0.535. The van der Waals surface area contributed by atoms with Crippen LogP contribution in [0.4, 0.5) is 0 Å². The first-order chi connectivity index (χ1) is 9.88. The molecule has 0 N–H and O–H groups in total. The van der Waals surface area contributed by atoms with Crippen molar-refractivity contribution in [2.75, 3.05) is 7.11 Å². The van der Waals surface area contributed by atoms with Crippen LogP contribution in [0.25, 0.3) is 22.6 Å². The molecule has 1 aliphatic rings. The fourth-order valence-electron chi connectivity index (χ4n) is 2.87. The van der Waals surface area contributed by atoms with E-state index >= 15 is 0 Å². The average molecular weight is 266 g/mol. The van der Waals surface area contributed by atoms with Crippen LogP contribution in [0.5, 0.6) is 5.88 Å². The van der Waals surface area contributed by atoms with Gasteiger partial charge in [-0.15, -0.1) is 0 Å². The third-order valence-corrected chi connectivity index (χ3v) is 3.78. The van der Waals surface area contributed by atoms with E-state index in [4.69, 9.17) is 9.72 Å². The summed E-state index contributed by atoms with van der Waals surface area (Å²) < 4.78 is 7.47. The van der Waals surface area contributed by atoms with Crippen LogP contribution in [0, 0.1) is 0 Å². The fourth-order valence-corrected chi connectivity index (χ4v) is 2.87. The van der Waals surface area contributed by atoms with Gasteiger partial charge >= 0.3 is 0 Å². The predicted molar refractivity (Wildman–Crippen MR) is 75.6 cm³/mol. The summed E-state index contributed by atoms with van der Waals surface area (Å²) in [7, 11) is 1.61. The molecule has 1 aromatic carbocycles. The summed E-state index contributed by atoms with van der Waals surface area (Å²) >= 11 is 0. The molecule has 3 aromatic rings. The van der Waals surface area contributed by atoms with E-state index in [-0.39, 0.29) is 0 Å². The highest BCUT2D eigenvalue weighted by atomic mass is 16.5. The summed E-state index contributed by atoms with van der Waals surface area (Å²) in [5.74, 6) is 1.50. The lowest BCUT2D eigenvalue weighted by Crippen LogP contribution is -2.00. The van der Waals surface area contributed by atoms with Gasteiger partial charge in [0.05, 0.1) is 7.11 Å². The van der Waals surface area contributed by atoms with Gasteiger partial charge in [-0.2, -0.15) is 4.98 Å². The van der Waals surface area contributed by atoms with E-state index in [1.807, 2.05) is 0 Å². The van der Waals surface area contributed by atoms with Crippen molar-refractivity contribution in [2.45, 2.75) is 19.4 Å². The maximum atomic E-state index is 5.30. The first kappa shape index (κ1) is 11.4. The van der Waals surface area contributed by atoms with E-state index in [0.717, 1.165) is 36.4 Å². The number of fused-ring (bicyclic) bond motifs is 5. The molecule has 100 valence electrons. The summed E-state index contributed by atoms with van der Waals surface area (Å²) in [6.45, 7) is 0.917. The Morgan fingerprint density at radius 1 is 1.20 bits per heavy atom. The van der Waals surface area contributed by atoms with Crippen LogP contribution in [-0.4, -0.2) is 26.6 Å². The number of imidazole rings is 1. The minimum Gasteiger partial charge on any atom is -0.479 e. The second kappa shape index (κ2) is 4.30. The van der Waals surface area contributed by atoms with Gasteiger partial charge in [-0.1, -0.05) is 24.3 Å². The van der Waals surface area contributed by atoms with Crippen LogP contribution in [-0.2, 0) is 13.0 Å². The lowest BCUT2D eigenvalue weighted by Gasteiger charge is -2.04. The lowest BCUT2D eigenvalue weighted by molar-refractivity contribution is 0.401. The summed E-state index contributed by atoms with van der Waals surface area (Å²) in [5.41, 5.74) is 4.11. The van der Waals surface area contributed by atoms with Crippen molar-refractivity contribution in [1.82, 2.24) is 19.5 Å². The molecule has 0 amide bonds. The van der Waals surface area contributed by atoms with Crippen LogP contribution < -0.4 is 4.74 Å². The molecule has 5 heteroatoms. The Morgan fingerprint density at radius 3 is 3.00 bits per heavy atom. The third kappa shape index (κ3) is 1.52. The summed E-state index contributed by atoms with van der Waals surface area (Å²) in [4.78, 5) is 13.3. The molecule has 0 radical (unpaired) electrons. The van der Waals surface area contributed by atoms with E-state index in [0.29, 0.717) is 5.88 Å². The number of aromatic nitrogens is 4. The first-order valence-electron chi connectivity index (χ1n) is 6.72. The van der Waals surface area contributed by atoms with Crippen LogP contribution in [0.3, 0.4) is 0 Å². The number of aryl methyl sites for hydroxylation is 2. The molecule has 3 heterocycles. The molecule has 0 saturated carbocycles. The van der Waals surface area contributed by atoms with Gasteiger partial charge in [0.1, 0.15) is 12.2 Å². The predicted octanol–water partition coefficient (Wildman–Crippen LogP) is 2.45. The molecular weight excluding hydrogens is 252 g/mol. The zero-order chi connectivity index (χ0) is 13.5. The molecule has 0 bridgehead atoms. The van der Waals surface area contributed by atoms with Gasteiger partial charge in [-0.3, -0.25) is 0 Å². The summed E-state index contributed by atoms with van der Waals surface area (Å²) in [5, 5.41) is 0. The molecule has 2 aromatic heterocycles. The molecule has 5 nitrogen and oxygen atoms in total. The molecule has 0 atom stereocenters. The van der Waals surface area contributed by atoms with Crippen molar-refractivity contribution in [1.29, 1.82) is 0 Å². The number of ether oxygens (including phenoxy) is 1. The Hall–Kier alpha value is -2.43. The Kier molecular flexibility index (Phi) is 2.45. The Balaban J connectivity index is 2.07. The number of rotatable bonds is 1. The highest BCUT2D eigenvalue weighted by molar-refractivity contribution is 5.82. The zero-order valence-corrected chi connectivity index (χ0v) is 11.2. The molecule has 0 saturated heterocycles. The quantitative estimate of drug-likeness (QED) is 0.679. The first-order valence-corrected chi connectivity index (χ1v) is 6.72. The molecule has 1 aliphatic heterocycles. The molecule has 0 spiro atoms. The largest absolute Gasteiger partial charge is 0.479 e.